The molecular formula is C13H22. The van der Waals surface area contributed by atoms with Crippen LogP contribution in [-0.4, -0.2) is 0 Å². The first-order valence-corrected chi connectivity index (χ1v) is 5.69. The Morgan fingerprint density at radius 2 is 1.85 bits per heavy atom. The normalized spacial score (nSPS) is 18.0. The molecule has 0 aromatic carbocycles. The molecule has 0 bridgehead atoms. The van der Waals surface area contributed by atoms with Crippen LogP contribution in [0.25, 0.3) is 0 Å². The monoisotopic (exact) mass is 178 g/mol. The Morgan fingerprint density at radius 1 is 1.15 bits per heavy atom. The molecule has 0 radical (unpaired) electrons. The van der Waals surface area contributed by atoms with Gasteiger partial charge in [0.1, 0.15) is 0 Å². The molecule has 0 aliphatic heterocycles. The van der Waals surface area contributed by atoms with Crippen molar-refractivity contribution in [3.05, 3.63) is 23.8 Å². The van der Waals surface area contributed by atoms with Gasteiger partial charge in [-0.15, -0.1) is 0 Å². The average Bonchev–Trinajstić information content (AvgIpc) is 2.66. The van der Waals surface area contributed by atoms with E-state index in [-0.39, 0.29) is 0 Å². The highest BCUT2D eigenvalue weighted by Crippen LogP contribution is 2.33. The summed E-state index contributed by atoms with van der Waals surface area (Å²) in [6.07, 6.45) is 12.0. The van der Waals surface area contributed by atoms with Gasteiger partial charge in [0.15, 0.2) is 0 Å². The second-order valence-electron chi connectivity index (χ2n) is 3.97. The largest absolute Gasteiger partial charge is 0.0805 e. The van der Waals surface area contributed by atoms with Gasteiger partial charge in [-0.25, -0.2) is 0 Å². The molecule has 0 saturated heterocycles. The molecule has 0 heterocycles. The van der Waals surface area contributed by atoms with Gasteiger partial charge in [-0.1, -0.05) is 57.4 Å². The zero-order valence-corrected chi connectivity index (χ0v) is 9.22. The van der Waals surface area contributed by atoms with Gasteiger partial charge in [0.2, 0.25) is 0 Å². The van der Waals surface area contributed by atoms with Crippen molar-refractivity contribution in [3.63, 3.8) is 0 Å². The zero-order chi connectivity index (χ0) is 9.68. The standard InChI is InChI=1S/C13H22/c1-4-11(5-2)13(6-3)12-9-7-8-10-12/h7-9,11,13H,4-6,10H2,1-3H3. The van der Waals surface area contributed by atoms with Crippen LogP contribution in [0.15, 0.2) is 23.8 Å². The second-order valence-corrected chi connectivity index (χ2v) is 3.97. The molecule has 0 saturated carbocycles. The third kappa shape index (κ3) is 2.46. The van der Waals surface area contributed by atoms with Crippen LogP contribution in [-0.2, 0) is 0 Å². The van der Waals surface area contributed by atoms with Gasteiger partial charge in [-0.2, -0.15) is 0 Å². The van der Waals surface area contributed by atoms with Crippen molar-refractivity contribution >= 4 is 0 Å². The fourth-order valence-corrected chi connectivity index (χ4v) is 2.49. The Bertz CT molecular complexity index is 194. The summed E-state index contributed by atoms with van der Waals surface area (Å²) in [6, 6.07) is 0. The van der Waals surface area contributed by atoms with E-state index in [1.807, 2.05) is 0 Å². The molecular weight excluding hydrogens is 156 g/mol. The van der Waals surface area contributed by atoms with Gasteiger partial charge < -0.3 is 0 Å². The smallest absolute Gasteiger partial charge is 0.0130 e. The van der Waals surface area contributed by atoms with Gasteiger partial charge in [-0.3, -0.25) is 0 Å². The highest BCUT2D eigenvalue weighted by molar-refractivity contribution is 5.25. The van der Waals surface area contributed by atoms with Crippen molar-refractivity contribution in [2.24, 2.45) is 11.8 Å². The topological polar surface area (TPSA) is 0 Å². The van der Waals surface area contributed by atoms with E-state index in [2.05, 4.69) is 39.0 Å². The molecule has 0 aromatic rings. The van der Waals surface area contributed by atoms with Gasteiger partial charge in [0, 0.05) is 0 Å². The summed E-state index contributed by atoms with van der Waals surface area (Å²) in [5, 5.41) is 0. The van der Waals surface area contributed by atoms with Crippen molar-refractivity contribution in [3.8, 4) is 0 Å². The summed E-state index contributed by atoms with van der Waals surface area (Å²) in [5.74, 6) is 1.74. The van der Waals surface area contributed by atoms with Gasteiger partial charge in [0.25, 0.3) is 0 Å². The minimum atomic E-state index is 0.838. The van der Waals surface area contributed by atoms with Crippen molar-refractivity contribution in [1.29, 1.82) is 0 Å². The highest BCUT2D eigenvalue weighted by Gasteiger charge is 2.20. The fourth-order valence-electron chi connectivity index (χ4n) is 2.49. The van der Waals surface area contributed by atoms with Crippen LogP contribution < -0.4 is 0 Å². The lowest BCUT2D eigenvalue weighted by Gasteiger charge is -2.25. The van der Waals surface area contributed by atoms with E-state index in [4.69, 9.17) is 0 Å². The Balaban J connectivity index is 2.60. The summed E-state index contributed by atoms with van der Waals surface area (Å²) < 4.78 is 0. The lowest BCUT2D eigenvalue weighted by atomic mass is 9.80. The number of hydrogen-bond donors (Lipinski definition) is 0. The summed E-state index contributed by atoms with van der Waals surface area (Å²) in [6.45, 7) is 6.96. The van der Waals surface area contributed by atoms with Crippen LogP contribution in [0.5, 0.6) is 0 Å². The van der Waals surface area contributed by atoms with Crippen molar-refractivity contribution in [2.45, 2.75) is 46.5 Å². The van der Waals surface area contributed by atoms with Crippen molar-refractivity contribution in [2.75, 3.05) is 0 Å². The number of rotatable bonds is 5. The summed E-state index contributed by atoms with van der Waals surface area (Å²) in [7, 11) is 0. The molecule has 13 heavy (non-hydrogen) atoms. The van der Waals surface area contributed by atoms with Crippen LogP contribution in [0.1, 0.15) is 46.5 Å². The third-order valence-corrected chi connectivity index (χ3v) is 3.33. The molecule has 1 aliphatic rings. The quantitative estimate of drug-likeness (QED) is 0.587. The molecule has 0 aromatic heterocycles. The molecule has 1 unspecified atom stereocenters. The lowest BCUT2D eigenvalue weighted by molar-refractivity contribution is 0.344. The molecule has 0 nitrogen and oxygen atoms in total. The van der Waals surface area contributed by atoms with Crippen LogP contribution in [0.2, 0.25) is 0 Å². The first-order valence-electron chi connectivity index (χ1n) is 5.69. The van der Waals surface area contributed by atoms with E-state index in [1.165, 1.54) is 25.7 Å². The maximum absolute atomic E-state index is 2.33. The highest BCUT2D eigenvalue weighted by atomic mass is 14.3. The van der Waals surface area contributed by atoms with Crippen LogP contribution in [0.3, 0.4) is 0 Å². The van der Waals surface area contributed by atoms with Crippen LogP contribution in [0.4, 0.5) is 0 Å². The van der Waals surface area contributed by atoms with E-state index in [0.29, 0.717) is 0 Å². The molecule has 0 heteroatoms. The Kier molecular flexibility index (Phi) is 4.27. The van der Waals surface area contributed by atoms with Crippen LogP contribution in [0, 0.1) is 11.8 Å². The number of hydrogen-bond acceptors (Lipinski definition) is 0. The van der Waals surface area contributed by atoms with Crippen LogP contribution >= 0.6 is 0 Å². The third-order valence-electron chi connectivity index (χ3n) is 3.33. The first-order chi connectivity index (χ1) is 6.33. The van der Waals surface area contributed by atoms with Crippen molar-refractivity contribution in [1.82, 2.24) is 0 Å². The molecule has 0 amide bonds. The van der Waals surface area contributed by atoms with Gasteiger partial charge in [0.05, 0.1) is 0 Å². The molecule has 1 atom stereocenters. The summed E-state index contributed by atoms with van der Waals surface area (Å²) >= 11 is 0. The Labute approximate surface area is 82.7 Å². The second kappa shape index (κ2) is 5.26. The van der Waals surface area contributed by atoms with E-state index in [0.717, 1.165) is 11.8 Å². The Hall–Kier alpha value is -0.520. The number of allylic oxidation sites excluding steroid dienone is 4. The summed E-state index contributed by atoms with van der Waals surface area (Å²) in [4.78, 5) is 0. The maximum atomic E-state index is 2.33. The first kappa shape index (κ1) is 10.6. The molecule has 1 rings (SSSR count). The van der Waals surface area contributed by atoms with E-state index >= 15 is 0 Å². The SMILES string of the molecule is CCC(CC)C(CC)C1=CC=CC1. The molecule has 74 valence electrons. The molecule has 0 fully saturated rings. The molecule has 0 N–H and O–H groups in total. The minimum absolute atomic E-state index is 0.838. The van der Waals surface area contributed by atoms with Crippen molar-refractivity contribution < 1.29 is 0 Å². The predicted molar refractivity (Wildman–Crippen MR) is 59.7 cm³/mol. The predicted octanol–water partition coefficient (Wildman–Crippen LogP) is 4.34. The van der Waals surface area contributed by atoms with Gasteiger partial charge in [-0.05, 0) is 24.7 Å². The average molecular weight is 178 g/mol. The fraction of sp³-hybridized carbons (Fsp3) is 0.692. The maximum Gasteiger partial charge on any atom is -0.0130 e. The molecule has 1 aliphatic carbocycles. The molecule has 0 spiro atoms. The van der Waals surface area contributed by atoms with Gasteiger partial charge >= 0.3 is 0 Å². The minimum Gasteiger partial charge on any atom is -0.0805 e. The van der Waals surface area contributed by atoms with E-state index < -0.39 is 0 Å². The van der Waals surface area contributed by atoms with E-state index in [9.17, 15) is 0 Å². The summed E-state index contributed by atoms with van der Waals surface area (Å²) in [5.41, 5.74) is 1.66. The Morgan fingerprint density at radius 3 is 2.23 bits per heavy atom. The lowest BCUT2D eigenvalue weighted by Crippen LogP contribution is -2.14. The van der Waals surface area contributed by atoms with E-state index in [1.54, 1.807) is 5.57 Å². The zero-order valence-electron chi connectivity index (χ0n) is 9.22.